The van der Waals surface area contributed by atoms with Crippen LogP contribution in [-0.2, 0) is 17.6 Å². The lowest BCUT2D eigenvalue weighted by Crippen LogP contribution is -2.30. The van der Waals surface area contributed by atoms with Crippen molar-refractivity contribution in [1.29, 1.82) is 0 Å². The maximum Gasteiger partial charge on any atom is 0.311 e. The molecule has 0 saturated heterocycles. The van der Waals surface area contributed by atoms with E-state index in [1.54, 1.807) is 0 Å². The molecule has 7 nitrogen and oxygen atoms in total. The monoisotopic (exact) mass is 422 g/mol. The summed E-state index contributed by atoms with van der Waals surface area (Å²) < 4.78 is 11.3. The number of hydrogen-bond acceptors (Lipinski definition) is 7. The lowest BCUT2D eigenvalue weighted by Gasteiger charge is -2.32. The van der Waals surface area contributed by atoms with Crippen molar-refractivity contribution < 1.29 is 34.7 Å². The zero-order chi connectivity index (χ0) is 22.0. The van der Waals surface area contributed by atoms with Crippen LogP contribution in [0.1, 0.15) is 29.2 Å². The Hall–Kier alpha value is -3.71. The van der Waals surface area contributed by atoms with Crippen molar-refractivity contribution in [1.82, 2.24) is 0 Å². The number of carbonyl (C=O) groups excluding carboxylic acids is 1. The number of phenolic OH excluding ortho intramolecular Hbond substituents is 3. The number of phenols is 3. The average Bonchev–Trinajstić information content (AvgIpc) is 2.75. The van der Waals surface area contributed by atoms with E-state index in [0.29, 0.717) is 17.5 Å². The fourth-order valence-corrected chi connectivity index (χ4v) is 3.61. The largest absolute Gasteiger partial charge is 0.508 e. The van der Waals surface area contributed by atoms with Gasteiger partial charge in [-0.05, 0) is 29.7 Å². The molecule has 0 radical (unpaired) electrons. The van der Waals surface area contributed by atoms with Gasteiger partial charge in [-0.1, -0.05) is 36.4 Å². The number of carbonyl (C=O) groups is 1. The minimum atomic E-state index is -0.997. The van der Waals surface area contributed by atoms with Crippen LogP contribution in [0, 0.1) is 0 Å². The molecule has 2 atom stereocenters. The lowest BCUT2D eigenvalue weighted by molar-refractivity contribution is -0.134. The van der Waals surface area contributed by atoms with Gasteiger partial charge in [-0.25, -0.2) is 0 Å². The molecule has 0 aromatic heterocycles. The Kier molecular flexibility index (Phi) is 5.68. The summed E-state index contributed by atoms with van der Waals surface area (Å²) >= 11 is 0. The highest BCUT2D eigenvalue weighted by Gasteiger charge is 2.33. The highest BCUT2D eigenvalue weighted by Crippen LogP contribution is 2.43. The van der Waals surface area contributed by atoms with E-state index in [-0.39, 0.29) is 41.6 Å². The molecule has 1 aliphatic rings. The van der Waals surface area contributed by atoms with Crippen molar-refractivity contribution in [3.05, 3.63) is 77.4 Å². The second-order valence-electron chi connectivity index (χ2n) is 7.44. The Bertz CT molecular complexity index is 1090. The number of aliphatic hydroxyl groups excluding tert-OH is 1. The number of benzene rings is 3. The summed E-state index contributed by atoms with van der Waals surface area (Å²) in [5, 5.41) is 40.0. The maximum absolute atomic E-state index is 12.4. The number of rotatable bonds is 5. The van der Waals surface area contributed by atoms with Gasteiger partial charge in [0, 0.05) is 30.5 Å². The highest BCUT2D eigenvalue weighted by atomic mass is 16.5. The first kappa shape index (κ1) is 20.6. The fraction of sp³-hybridized carbons (Fsp3) is 0.208. The standard InChI is InChI=1S/C24H22O7/c25-16-11-21(30-23(29)9-6-14-4-2-1-3-5-14)17-13-20(28)24(31-22(17)12-16)15-7-8-18(26)19(27)10-15/h1-5,7-8,10-12,20,24-28H,6,9,13H2/t20-,24-/m0/s1. The zero-order valence-electron chi connectivity index (χ0n) is 16.6. The minimum absolute atomic E-state index is 0.114. The predicted octanol–water partition coefficient (Wildman–Crippen LogP) is 3.38. The molecule has 0 aliphatic carbocycles. The molecule has 3 aromatic rings. The van der Waals surface area contributed by atoms with E-state index in [1.807, 2.05) is 30.3 Å². The summed E-state index contributed by atoms with van der Waals surface area (Å²) in [7, 11) is 0. The number of aromatic hydroxyl groups is 3. The van der Waals surface area contributed by atoms with Crippen LogP contribution in [0.5, 0.6) is 28.7 Å². The Morgan fingerprint density at radius 1 is 1.00 bits per heavy atom. The molecule has 1 heterocycles. The first-order valence-corrected chi connectivity index (χ1v) is 9.88. The van der Waals surface area contributed by atoms with Crippen LogP contribution in [-0.4, -0.2) is 32.5 Å². The summed E-state index contributed by atoms with van der Waals surface area (Å²) in [6.07, 6.45) is -1.03. The van der Waals surface area contributed by atoms with Gasteiger partial charge in [0.25, 0.3) is 0 Å². The van der Waals surface area contributed by atoms with E-state index in [0.717, 1.165) is 5.56 Å². The fourth-order valence-electron chi connectivity index (χ4n) is 3.61. The predicted molar refractivity (Wildman–Crippen MR) is 111 cm³/mol. The molecular weight excluding hydrogens is 400 g/mol. The van der Waals surface area contributed by atoms with E-state index in [2.05, 4.69) is 0 Å². The Balaban J connectivity index is 1.53. The SMILES string of the molecule is O=C(CCc1ccccc1)Oc1cc(O)cc2c1C[C@H](O)[C@H](c1ccc(O)c(O)c1)O2. The Morgan fingerprint density at radius 3 is 2.52 bits per heavy atom. The molecule has 31 heavy (non-hydrogen) atoms. The number of aliphatic hydroxyl groups is 1. The third-order valence-corrected chi connectivity index (χ3v) is 5.18. The number of hydrogen-bond donors (Lipinski definition) is 4. The van der Waals surface area contributed by atoms with Gasteiger partial charge in [-0.15, -0.1) is 0 Å². The Morgan fingerprint density at radius 2 is 1.77 bits per heavy atom. The summed E-state index contributed by atoms with van der Waals surface area (Å²) in [5.41, 5.74) is 1.94. The molecule has 1 aliphatic heterocycles. The molecule has 7 heteroatoms. The first-order chi connectivity index (χ1) is 14.9. The van der Waals surface area contributed by atoms with Crippen molar-refractivity contribution in [2.24, 2.45) is 0 Å². The van der Waals surface area contributed by atoms with Crippen molar-refractivity contribution in [2.75, 3.05) is 0 Å². The van der Waals surface area contributed by atoms with Crippen LogP contribution in [0.25, 0.3) is 0 Å². The molecule has 160 valence electrons. The first-order valence-electron chi connectivity index (χ1n) is 9.88. The minimum Gasteiger partial charge on any atom is -0.508 e. The molecule has 0 unspecified atom stereocenters. The number of aryl methyl sites for hydroxylation is 1. The van der Waals surface area contributed by atoms with Crippen molar-refractivity contribution >= 4 is 5.97 Å². The van der Waals surface area contributed by atoms with Gasteiger partial charge in [-0.3, -0.25) is 4.79 Å². The van der Waals surface area contributed by atoms with E-state index in [9.17, 15) is 25.2 Å². The van der Waals surface area contributed by atoms with Crippen LogP contribution in [0.2, 0.25) is 0 Å². The smallest absolute Gasteiger partial charge is 0.311 e. The van der Waals surface area contributed by atoms with E-state index in [1.165, 1.54) is 30.3 Å². The van der Waals surface area contributed by atoms with Crippen LogP contribution in [0.4, 0.5) is 0 Å². The topological polar surface area (TPSA) is 116 Å². The Labute approximate surface area is 178 Å². The summed E-state index contributed by atoms with van der Waals surface area (Å²) in [4.78, 5) is 12.4. The van der Waals surface area contributed by atoms with Crippen molar-refractivity contribution in [3.63, 3.8) is 0 Å². The van der Waals surface area contributed by atoms with Crippen LogP contribution >= 0.6 is 0 Å². The normalized spacial score (nSPS) is 17.5. The molecule has 0 spiro atoms. The lowest BCUT2D eigenvalue weighted by atomic mass is 9.94. The molecule has 3 aromatic carbocycles. The maximum atomic E-state index is 12.4. The molecule has 0 saturated carbocycles. The van der Waals surface area contributed by atoms with Gasteiger partial charge in [0.2, 0.25) is 0 Å². The molecule has 0 fully saturated rings. The highest BCUT2D eigenvalue weighted by molar-refractivity contribution is 5.74. The molecule has 0 bridgehead atoms. The molecule has 4 N–H and O–H groups in total. The number of esters is 1. The molecular formula is C24H22O7. The van der Waals surface area contributed by atoms with Gasteiger partial charge < -0.3 is 29.9 Å². The van der Waals surface area contributed by atoms with Gasteiger partial charge in [0.1, 0.15) is 23.4 Å². The van der Waals surface area contributed by atoms with E-state index in [4.69, 9.17) is 9.47 Å². The number of ether oxygens (including phenoxy) is 2. The molecule has 4 rings (SSSR count). The van der Waals surface area contributed by atoms with Gasteiger partial charge in [0.15, 0.2) is 11.5 Å². The van der Waals surface area contributed by atoms with Crippen molar-refractivity contribution in [3.8, 4) is 28.7 Å². The summed E-state index contributed by atoms with van der Waals surface area (Å²) in [6, 6.07) is 16.4. The summed E-state index contributed by atoms with van der Waals surface area (Å²) in [5.74, 6) is -0.808. The van der Waals surface area contributed by atoms with Gasteiger partial charge in [-0.2, -0.15) is 0 Å². The third-order valence-electron chi connectivity index (χ3n) is 5.18. The van der Waals surface area contributed by atoms with Crippen molar-refractivity contribution in [2.45, 2.75) is 31.5 Å². The number of fused-ring (bicyclic) bond motifs is 1. The van der Waals surface area contributed by atoms with Gasteiger partial charge in [0.05, 0.1) is 6.10 Å². The summed E-state index contributed by atoms with van der Waals surface area (Å²) in [6.45, 7) is 0. The third kappa shape index (κ3) is 4.57. The van der Waals surface area contributed by atoms with Gasteiger partial charge >= 0.3 is 5.97 Å². The van der Waals surface area contributed by atoms with E-state index >= 15 is 0 Å². The quantitative estimate of drug-likeness (QED) is 0.283. The van der Waals surface area contributed by atoms with Crippen LogP contribution in [0.3, 0.4) is 0 Å². The second-order valence-corrected chi connectivity index (χ2v) is 7.44. The van der Waals surface area contributed by atoms with Crippen LogP contribution in [0.15, 0.2) is 60.7 Å². The van der Waals surface area contributed by atoms with E-state index < -0.39 is 18.2 Å². The average molecular weight is 422 g/mol. The molecule has 0 amide bonds. The zero-order valence-corrected chi connectivity index (χ0v) is 16.6. The second kappa shape index (κ2) is 8.57. The van der Waals surface area contributed by atoms with Crippen LogP contribution < -0.4 is 9.47 Å².